The van der Waals surface area contributed by atoms with Gasteiger partial charge in [0.05, 0.1) is 5.02 Å². The number of anilines is 1. The second-order valence-electron chi connectivity index (χ2n) is 5.86. The Morgan fingerprint density at radius 1 is 1.16 bits per heavy atom. The molecule has 0 spiro atoms. The number of hydrogen-bond acceptors (Lipinski definition) is 5. The van der Waals surface area contributed by atoms with E-state index >= 15 is 0 Å². The number of pyridine rings is 1. The number of para-hydroxylation sites is 1. The van der Waals surface area contributed by atoms with Crippen LogP contribution < -0.4 is 9.64 Å². The van der Waals surface area contributed by atoms with Crippen molar-refractivity contribution in [1.82, 2.24) is 9.88 Å². The minimum absolute atomic E-state index is 0.330. The molecule has 0 saturated carbocycles. The van der Waals surface area contributed by atoms with E-state index in [-0.39, 0.29) is 6.61 Å². The number of carboxylic acid groups (broad SMARTS) is 1. The van der Waals surface area contributed by atoms with Gasteiger partial charge in [-0.25, -0.2) is 9.78 Å². The number of nitrogens with zero attached hydrogens (tertiary/aromatic N) is 3. The first-order valence-electron chi connectivity index (χ1n) is 8.14. The van der Waals surface area contributed by atoms with Crippen LogP contribution in [0.25, 0.3) is 0 Å². The minimum atomic E-state index is -0.976. The summed E-state index contributed by atoms with van der Waals surface area (Å²) >= 11 is 6.22. The van der Waals surface area contributed by atoms with Crippen LogP contribution in [0.3, 0.4) is 0 Å². The number of hydrogen-bond donors (Lipinski definition) is 1. The van der Waals surface area contributed by atoms with Crippen molar-refractivity contribution in [2.45, 2.75) is 6.54 Å². The maximum atomic E-state index is 10.7. The second-order valence-corrected chi connectivity index (χ2v) is 6.27. The lowest BCUT2D eigenvalue weighted by molar-refractivity contribution is -0.139. The van der Waals surface area contributed by atoms with Crippen LogP contribution >= 0.6 is 11.6 Å². The van der Waals surface area contributed by atoms with Crippen molar-refractivity contribution in [3.8, 4) is 5.75 Å². The molecule has 1 aliphatic rings. The van der Waals surface area contributed by atoms with Gasteiger partial charge < -0.3 is 14.7 Å². The van der Waals surface area contributed by atoms with Gasteiger partial charge in [-0.2, -0.15) is 0 Å². The number of halogens is 1. The van der Waals surface area contributed by atoms with Crippen LogP contribution in [0, 0.1) is 0 Å². The molecule has 0 unspecified atom stereocenters. The largest absolute Gasteiger partial charge is 0.482 e. The molecule has 0 amide bonds. The fraction of sp³-hybridized carbons (Fsp3) is 0.333. The van der Waals surface area contributed by atoms with Crippen molar-refractivity contribution in [2.24, 2.45) is 0 Å². The molecule has 1 N–H and O–H groups in total. The average Bonchev–Trinajstić information content (AvgIpc) is 2.62. The highest BCUT2D eigenvalue weighted by atomic mass is 35.5. The van der Waals surface area contributed by atoms with Crippen LogP contribution in [0.5, 0.6) is 5.75 Å². The predicted octanol–water partition coefficient (Wildman–Crippen LogP) is 2.52. The third-order valence-corrected chi connectivity index (χ3v) is 4.42. The number of rotatable bonds is 6. The van der Waals surface area contributed by atoms with E-state index in [0.29, 0.717) is 10.8 Å². The molecule has 0 radical (unpaired) electrons. The van der Waals surface area contributed by atoms with E-state index in [1.165, 1.54) is 0 Å². The summed E-state index contributed by atoms with van der Waals surface area (Å²) in [5.74, 6) is 0.477. The topological polar surface area (TPSA) is 65.9 Å². The molecule has 0 aliphatic carbocycles. The van der Waals surface area contributed by atoms with E-state index in [4.69, 9.17) is 21.4 Å². The van der Waals surface area contributed by atoms with Gasteiger partial charge in [-0.15, -0.1) is 0 Å². The van der Waals surface area contributed by atoms with Crippen molar-refractivity contribution in [2.75, 3.05) is 37.7 Å². The quantitative estimate of drug-likeness (QED) is 0.852. The summed E-state index contributed by atoms with van der Waals surface area (Å²) < 4.78 is 5.38. The van der Waals surface area contributed by atoms with Crippen LogP contribution in [-0.2, 0) is 11.3 Å². The zero-order chi connectivity index (χ0) is 17.6. The lowest BCUT2D eigenvalue weighted by atomic mass is 10.1. The van der Waals surface area contributed by atoms with Gasteiger partial charge in [0.15, 0.2) is 6.61 Å². The maximum Gasteiger partial charge on any atom is 0.341 e. The molecule has 6 nitrogen and oxygen atoms in total. The Bertz CT molecular complexity index is 733. The maximum absolute atomic E-state index is 10.7. The predicted molar refractivity (Wildman–Crippen MR) is 96.3 cm³/mol. The average molecular weight is 362 g/mol. The van der Waals surface area contributed by atoms with Crippen molar-refractivity contribution < 1.29 is 14.6 Å². The molecule has 0 bridgehead atoms. The molecule has 132 valence electrons. The normalized spacial score (nSPS) is 15.2. The third kappa shape index (κ3) is 4.61. The molecular formula is C18H20ClN3O3. The summed E-state index contributed by atoms with van der Waals surface area (Å²) in [6.45, 7) is 3.83. The fourth-order valence-corrected chi connectivity index (χ4v) is 3.12. The van der Waals surface area contributed by atoms with Gasteiger partial charge in [0.1, 0.15) is 11.6 Å². The zero-order valence-electron chi connectivity index (χ0n) is 13.8. The van der Waals surface area contributed by atoms with Gasteiger partial charge in [0.25, 0.3) is 0 Å². The van der Waals surface area contributed by atoms with Gasteiger partial charge in [0, 0.05) is 44.5 Å². The molecule has 3 rings (SSSR count). The lowest BCUT2D eigenvalue weighted by Crippen LogP contribution is -2.46. The highest BCUT2D eigenvalue weighted by Gasteiger charge is 2.20. The number of benzene rings is 1. The van der Waals surface area contributed by atoms with Crippen LogP contribution in [0.4, 0.5) is 5.82 Å². The third-order valence-electron chi connectivity index (χ3n) is 4.13. The highest BCUT2D eigenvalue weighted by Crippen LogP contribution is 2.25. The van der Waals surface area contributed by atoms with Gasteiger partial charge in [-0.05, 0) is 18.2 Å². The Labute approximate surface area is 151 Å². The first-order valence-corrected chi connectivity index (χ1v) is 8.51. The number of ether oxygens (including phenoxy) is 1. The van der Waals surface area contributed by atoms with Crippen molar-refractivity contribution in [3.63, 3.8) is 0 Å². The van der Waals surface area contributed by atoms with Gasteiger partial charge in [-0.3, -0.25) is 4.90 Å². The van der Waals surface area contributed by atoms with Crippen LogP contribution in [0.15, 0.2) is 42.6 Å². The Morgan fingerprint density at radius 3 is 2.64 bits per heavy atom. The van der Waals surface area contributed by atoms with E-state index in [9.17, 15) is 4.79 Å². The summed E-state index contributed by atoms with van der Waals surface area (Å²) in [6, 6.07) is 11.2. The number of piperazine rings is 1. The molecule has 1 aromatic carbocycles. The number of carbonyl (C=O) groups is 1. The minimum Gasteiger partial charge on any atom is -0.482 e. The SMILES string of the molecule is O=C(O)COc1ccccc1CN1CCN(c2ncccc2Cl)CC1. The summed E-state index contributed by atoms with van der Waals surface area (Å²) in [5.41, 5.74) is 0.994. The fourth-order valence-electron chi connectivity index (χ4n) is 2.88. The Morgan fingerprint density at radius 2 is 1.92 bits per heavy atom. The summed E-state index contributed by atoms with van der Waals surface area (Å²) in [5, 5.41) is 9.46. The van der Waals surface area contributed by atoms with Crippen molar-refractivity contribution in [3.05, 3.63) is 53.2 Å². The highest BCUT2D eigenvalue weighted by molar-refractivity contribution is 6.32. The molecule has 7 heteroatoms. The van der Waals surface area contributed by atoms with E-state index in [1.54, 1.807) is 6.20 Å². The Hall–Kier alpha value is -2.31. The van der Waals surface area contributed by atoms with Gasteiger partial charge >= 0.3 is 5.97 Å². The molecule has 0 atom stereocenters. The smallest absolute Gasteiger partial charge is 0.341 e. The molecule has 1 saturated heterocycles. The Kier molecular flexibility index (Phi) is 5.73. The summed E-state index contributed by atoms with van der Waals surface area (Å²) in [4.78, 5) is 19.6. The molecule has 1 fully saturated rings. The lowest BCUT2D eigenvalue weighted by Gasteiger charge is -2.35. The summed E-state index contributed by atoms with van der Waals surface area (Å²) in [6.07, 6.45) is 1.75. The zero-order valence-corrected chi connectivity index (χ0v) is 14.5. The number of aliphatic carboxylic acids is 1. The molecule has 25 heavy (non-hydrogen) atoms. The monoisotopic (exact) mass is 361 g/mol. The van der Waals surface area contributed by atoms with Crippen molar-refractivity contribution in [1.29, 1.82) is 0 Å². The van der Waals surface area contributed by atoms with E-state index in [2.05, 4.69) is 14.8 Å². The van der Waals surface area contributed by atoms with Gasteiger partial charge in [0.2, 0.25) is 0 Å². The van der Waals surface area contributed by atoms with Crippen LogP contribution in [0.1, 0.15) is 5.56 Å². The van der Waals surface area contributed by atoms with Crippen LogP contribution in [0.2, 0.25) is 5.02 Å². The summed E-state index contributed by atoms with van der Waals surface area (Å²) in [7, 11) is 0. The first kappa shape index (κ1) is 17.5. The number of aromatic nitrogens is 1. The second kappa shape index (κ2) is 8.18. The van der Waals surface area contributed by atoms with Gasteiger partial charge in [-0.1, -0.05) is 29.8 Å². The standard InChI is InChI=1S/C18H20ClN3O3/c19-15-5-3-7-20-18(15)22-10-8-21(9-11-22)12-14-4-1-2-6-16(14)25-13-17(23)24/h1-7H,8-13H2,(H,23,24). The Balaban J connectivity index is 1.59. The molecule has 1 aliphatic heterocycles. The molecule has 2 aromatic rings. The molecule has 2 heterocycles. The van der Waals surface area contributed by atoms with Crippen molar-refractivity contribution >= 4 is 23.4 Å². The molecular weight excluding hydrogens is 342 g/mol. The number of carboxylic acids is 1. The van der Waals surface area contributed by atoms with E-state index < -0.39 is 5.97 Å². The van der Waals surface area contributed by atoms with E-state index in [0.717, 1.165) is 44.1 Å². The first-order chi connectivity index (χ1) is 12.1. The molecule has 1 aromatic heterocycles. The van der Waals surface area contributed by atoms with E-state index in [1.807, 2.05) is 36.4 Å². The van der Waals surface area contributed by atoms with Crippen LogP contribution in [-0.4, -0.2) is 53.7 Å².